The van der Waals surface area contributed by atoms with E-state index >= 15 is 0 Å². The minimum Gasteiger partial charge on any atom is -0.486 e. The monoisotopic (exact) mass is 537 g/mol. The van der Waals surface area contributed by atoms with Crippen molar-refractivity contribution in [2.24, 2.45) is 0 Å². The highest BCUT2D eigenvalue weighted by molar-refractivity contribution is 6.35. The highest BCUT2D eigenvalue weighted by Crippen LogP contribution is 2.38. The van der Waals surface area contributed by atoms with Crippen LogP contribution in [0.25, 0.3) is 22.2 Å². The summed E-state index contributed by atoms with van der Waals surface area (Å²) in [7, 11) is 2.27. The molecule has 2 aliphatic heterocycles. The van der Waals surface area contributed by atoms with E-state index in [9.17, 15) is 0 Å². The fourth-order valence-corrected chi connectivity index (χ4v) is 6.47. The second-order valence-electron chi connectivity index (χ2n) is 10.1. The zero-order chi connectivity index (χ0) is 25.6. The largest absolute Gasteiger partial charge is 0.486 e. The molecule has 1 N–H and O–H groups in total. The normalized spacial score (nSPS) is 18.5. The third-order valence-electron chi connectivity index (χ3n) is 7.98. The lowest BCUT2D eigenvalue weighted by Gasteiger charge is -2.43. The Morgan fingerprint density at radius 2 is 1.73 bits per heavy atom. The molecule has 0 radical (unpaired) electrons. The lowest BCUT2D eigenvalue weighted by Crippen LogP contribution is -2.51. The number of nitrogens with zero attached hydrogens (tertiary/aromatic N) is 6. The van der Waals surface area contributed by atoms with Gasteiger partial charge in [0.1, 0.15) is 17.5 Å². The number of hydrogen-bond donors (Lipinski definition) is 1. The Kier molecular flexibility index (Phi) is 6.42. The van der Waals surface area contributed by atoms with Crippen LogP contribution in [0, 0.1) is 0 Å². The van der Waals surface area contributed by atoms with Crippen LogP contribution in [0.15, 0.2) is 43.0 Å². The van der Waals surface area contributed by atoms with Crippen molar-refractivity contribution >= 4 is 40.1 Å². The van der Waals surface area contributed by atoms with E-state index in [2.05, 4.69) is 32.0 Å². The van der Waals surface area contributed by atoms with Crippen LogP contribution in [0.1, 0.15) is 44.3 Å². The maximum absolute atomic E-state index is 6.32. The number of ether oxygens (including phenoxy) is 1. The number of hydrogen-bond acceptors (Lipinski definition) is 7. The molecule has 0 unspecified atom stereocenters. The molecule has 1 aromatic carbocycles. The summed E-state index contributed by atoms with van der Waals surface area (Å²) in [5.74, 6) is 1.46. The van der Waals surface area contributed by atoms with Crippen LogP contribution in [0.5, 0.6) is 5.75 Å². The van der Waals surface area contributed by atoms with Gasteiger partial charge in [-0.05, 0) is 64.4 Å². The minimum absolute atomic E-state index is 0.355. The average Bonchev–Trinajstić information content (AvgIpc) is 3.48. The Hall–Kier alpha value is -2.94. The first-order chi connectivity index (χ1) is 17.9. The van der Waals surface area contributed by atoms with Crippen LogP contribution in [-0.4, -0.2) is 62.3 Å². The molecular weight excluding hydrogens is 509 g/mol. The van der Waals surface area contributed by atoms with Gasteiger partial charge in [0, 0.05) is 59.9 Å². The van der Waals surface area contributed by atoms with Gasteiger partial charge in [-0.3, -0.25) is 10.1 Å². The van der Waals surface area contributed by atoms with E-state index in [1.807, 2.05) is 37.5 Å². The molecule has 10 heteroatoms. The maximum Gasteiger partial charge on any atom is 0.225 e. The van der Waals surface area contributed by atoms with Crippen LogP contribution >= 0.6 is 23.2 Å². The Morgan fingerprint density at radius 1 is 1.00 bits per heavy atom. The number of benzene rings is 1. The molecule has 1 atom stereocenters. The first kappa shape index (κ1) is 24.4. The van der Waals surface area contributed by atoms with Crippen molar-refractivity contribution in [1.29, 1.82) is 0 Å². The summed E-state index contributed by atoms with van der Waals surface area (Å²) in [6.45, 7) is 5.09. The topological polar surface area (TPSA) is 83.1 Å². The molecule has 0 saturated carbocycles. The quantitative estimate of drug-likeness (QED) is 0.338. The van der Waals surface area contributed by atoms with E-state index in [1.165, 1.54) is 19.4 Å². The van der Waals surface area contributed by atoms with Gasteiger partial charge in [0.2, 0.25) is 5.95 Å². The van der Waals surface area contributed by atoms with Crippen molar-refractivity contribution < 1.29 is 4.74 Å². The van der Waals surface area contributed by atoms with Crippen LogP contribution in [0.3, 0.4) is 0 Å². The zero-order valence-electron chi connectivity index (χ0n) is 20.9. The first-order valence-electron chi connectivity index (χ1n) is 12.7. The molecule has 0 bridgehead atoms. The van der Waals surface area contributed by atoms with E-state index in [4.69, 9.17) is 37.9 Å². The van der Waals surface area contributed by atoms with Gasteiger partial charge in [-0.25, -0.2) is 9.97 Å². The van der Waals surface area contributed by atoms with Gasteiger partial charge in [-0.2, -0.15) is 5.10 Å². The third-order valence-corrected chi connectivity index (χ3v) is 8.58. The number of piperidine rings is 1. The van der Waals surface area contributed by atoms with E-state index in [1.54, 1.807) is 12.4 Å². The number of nitrogens with one attached hydrogen (secondary N) is 1. The number of anilines is 1. The molecule has 192 valence electrons. The zero-order valence-corrected chi connectivity index (χ0v) is 22.4. The standard InChI is InChI=1S/C27H29Cl2N7O/c1-17(24-21(28)15-30-16-22(24)29)37-19-4-5-23-20(12-19)25(34-33-23)18-13-31-26(32-14-18)36-10-7-27(8-11-36)6-3-9-35(27)2/h4-5,12-17H,3,6-11H2,1-2H3,(H,33,34)/t17-/m1/s1. The molecule has 3 aromatic heterocycles. The van der Waals surface area contributed by atoms with Crippen molar-refractivity contribution in [3.8, 4) is 17.0 Å². The van der Waals surface area contributed by atoms with Crippen molar-refractivity contribution in [2.45, 2.75) is 44.2 Å². The molecule has 2 saturated heterocycles. The molecule has 0 amide bonds. The Balaban J connectivity index is 1.20. The summed E-state index contributed by atoms with van der Waals surface area (Å²) < 4.78 is 6.20. The summed E-state index contributed by atoms with van der Waals surface area (Å²) in [4.78, 5) is 18.3. The van der Waals surface area contributed by atoms with Crippen LogP contribution in [0.4, 0.5) is 5.95 Å². The summed E-state index contributed by atoms with van der Waals surface area (Å²) in [5.41, 5.74) is 3.61. The number of likely N-dealkylation sites (tertiary alicyclic amines) is 1. The van der Waals surface area contributed by atoms with E-state index in [0.29, 0.717) is 26.9 Å². The van der Waals surface area contributed by atoms with Gasteiger partial charge in [0.25, 0.3) is 0 Å². The SMILES string of the molecule is C[C@@H](Oc1ccc2[nH]nc(-c3cnc(N4CCC5(CCCN5C)CC4)nc3)c2c1)c1c(Cl)cncc1Cl. The lowest BCUT2D eigenvalue weighted by molar-refractivity contribution is 0.137. The minimum atomic E-state index is -0.355. The second kappa shape index (κ2) is 9.74. The van der Waals surface area contributed by atoms with Crippen molar-refractivity contribution in [2.75, 3.05) is 31.6 Å². The number of rotatable bonds is 5. The van der Waals surface area contributed by atoms with Gasteiger partial charge in [0.15, 0.2) is 0 Å². The molecule has 37 heavy (non-hydrogen) atoms. The molecule has 2 aliphatic rings. The van der Waals surface area contributed by atoms with E-state index < -0.39 is 0 Å². The Labute approximate surface area is 226 Å². The number of halogens is 2. The summed E-state index contributed by atoms with van der Waals surface area (Å²) >= 11 is 12.6. The van der Waals surface area contributed by atoms with Crippen LogP contribution in [0.2, 0.25) is 10.0 Å². The Morgan fingerprint density at radius 3 is 2.41 bits per heavy atom. The predicted octanol–water partition coefficient (Wildman–Crippen LogP) is 5.93. The van der Waals surface area contributed by atoms with Crippen LogP contribution in [-0.2, 0) is 0 Å². The molecule has 1 spiro atoms. The molecule has 6 rings (SSSR count). The lowest BCUT2D eigenvalue weighted by atomic mass is 9.85. The summed E-state index contributed by atoms with van der Waals surface area (Å²) in [6, 6.07) is 5.81. The molecule has 2 fully saturated rings. The number of aromatic nitrogens is 5. The molecule has 0 aliphatic carbocycles. The molecule has 5 heterocycles. The number of fused-ring (bicyclic) bond motifs is 1. The van der Waals surface area contributed by atoms with Gasteiger partial charge >= 0.3 is 0 Å². The Bertz CT molecular complexity index is 1400. The van der Waals surface area contributed by atoms with E-state index in [-0.39, 0.29) is 6.10 Å². The third kappa shape index (κ3) is 4.51. The fourth-order valence-electron chi connectivity index (χ4n) is 5.79. The molecular formula is C27H29Cl2N7O. The number of aromatic amines is 1. The maximum atomic E-state index is 6.32. The molecule has 4 aromatic rings. The van der Waals surface area contributed by atoms with E-state index in [0.717, 1.165) is 54.0 Å². The van der Waals surface area contributed by atoms with Gasteiger partial charge < -0.3 is 14.5 Å². The smallest absolute Gasteiger partial charge is 0.225 e. The highest BCUT2D eigenvalue weighted by Gasteiger charge is 2.41. The van der Waals surface area contributed by atoms with Crippen molar-refractivity contribution in [3.63, 3.8) is 0 Å². The number of H-pyrrole nitrogens is 1. The summed E-state index contributed by atoms with van der Waals surface area (Å²) in [6.07, 6.45) is 11.4. The second-order valence-corrected chi connectivity index (χ2v) is 10.9. The highest BCUT2D eigenvalue weighted by atomic mass is 35.5. The first-order valence-corrected chi connectivity index (χ1v) is 13.4. The average molecular weight is 538 g/mol. The van der Waals surface area contributed by atoms with Gasteiger partial charge in [-0.15, -0.1) is 0 Å². The van der Waals surface area contributed by atoms with Crippen LogP contribution < -0.4 is 9.64 Å². The van der Waals surface area contributed by atoms with Crippen molar-refractivity contribution in [1.82, 2.24) is 30.0 Å². The number of pyridine rings is 1. The predicted molar refractivity (Wildman–Crippen MR) is 146 cm³/mol. The summed E-state index contributed by atoms with van der Waals surface area (Å²) in [5, 5.41) is 9.52. The van der Waals surface area contributed by atoms with Gasteiger partial charge in [-0.1, -0.05) is 23.2 Å². The van der Waals surface area contributed by atoms with Gasteiger partial charge in [0.05, 0.1) is 15.6 Å². The molecule has 8 nitrogen and oxygen atoms in total. The van der Waals surface area contributed by atoms with Crippen molar-refractivity contribution in [3.05, 3.63) is 58.6 Å². The fraction of sp³-hybridized carbons (Fsp3) is 0.407.